The number of nitrogens with one attached hydrogen (secondary N) is 1. The van der Waals surface area contributed by atoms with E-state index in [0.717, 1.165) is 55.3 Å². The Morgan fingerprint density at radius 3 is 2.90 bits per heavy atom. The van der Waals surface area contributed by atoms with Crippen molar-refractivity contribution in [1.29, 1.82) is 0 Å². The van der Waals surface area contributed by atoms with Crippen LogP contribution >= 0.6 is 11.3 Å². The Balaban J connectivity index is 1.34. The van der Waals surface area contributed by atoms with Gasteiger partial charge in [0.05, 0.1) is 5.39 Å². The molecule has 0 saturated heterocycles. The van der Waals surface area contributed by atoms with E-state index in [1.54, 1.807) is 0 Å². The van der Waals surface area contributed by atoms with Gasteiger partial charge >= 0.3 is 0 Å². The molecule has 1 N–H and O–H groups in total. The third kappa shape index (κ3) is 4.21. The molecule has 5 rings (SSSR count). The van der Waals surface area contributed by atoms with Crippen LogP contribution in [0.15, 0.2) is 28.9 Å². The van der Waals surface area contributed by atoms with Crippen LogP contribution in [-0.2, 0) is 19.3 Å². The zero-order valence-corrected chi connectivity index (χ0v) is 18.7. The number of hydrogen-bond acceptors (Lipinski definition) is 6. The third-order valence-corrected chi connectivity index (χ3v) is 7.48. The van der Waals surface area contributed by atoms with Gasteiger partial charge in [0.2, 0.25) is 0 Å². The Hall–Kier alpha value is -2.05. The number of aliphatic imine (C=N–C) groups is 1. The van der Waals surface area contributed by atoms with Gasteiger partial charge in [0.15, 0.2) is 0 Å². The number of thiophene rings is 1. The fourth-order valence-corrected chi connectivity index (χ4v) is 5.76. The Kier molecular flexibility index (Phi) is 5.70. The van der Waals surface area contributed by atoms with E-state index in [0.29, 0.717) is 6.04 Å². The maximum atomic E-state index is 5.08. The highest BCUT2D eigenvalue weighted by atomic mass is 32.1. The van der Waals surface area contributed by atoms with Gasteiger partial charge in [-0.2, -0.15) is 0 Å². The second-order valence-corrected chi connectivity index (χ2v) is 9.90. The van der Waals surface area contributed by atoms with Crippen molar-refractivity contribution in [3.8, 4) is 0 Å². The summed E-state index contributed by atoms with van der Waals surface area (Å²) in [5.41, 5.74) is 3.78. The van der Waals surface area contributed by atoms with Crippen LogP contribution in [0.2, 0.25) is 0 Å². The van der Waals surface area contributed by atoms with Gasteiger partial charge in [-0.3, -0.25) is 4.99 Å². The number of nitrogens with zero attached hydrogens (tertiary/aromatic N) is 4. The fraction of sp³-hybridized carbons (Fsp3) is 0.542. The van der Waals surface area contributed by atoms with Gasteiger partial charge in [-0.15, -0.1) is 11.3 Å². The number of rotatable bonds is 8. The van der Waals surface area contributed by atoms with Crippen LogP contribution in [0.5, 0.6) is 0 Å². The van der Waals surface area contributed by atoms with Gasteiger partial charge in [-0.25, -0.2) is 9.97 Å². The minimum Gasteiger partial charge on any atom is -0.356 e. The molecule has 3 aliphatic rings. The van der Waals surface area contributed by atoms with Crippen molar-refractivity contribution in [2.45, 2.75) is 63.8 Å². The van der Waals surface area contributed by atoms with E-state index >= 15 is 0 Å². The molecule has 0 spiro atoms. The highest BCUT2D eigenvalue weighted by molar-refractivity contribution is 7.19. The SMILES string of the molecule is C=C(CNCC1=CCCC=N1)Cc1nc(N(C)C2CC2)c2c3c(sc2n1)CCCC3. The highest BCUT2D eigenvalue weighted by Crippen LogP contribution is 2.41. The van der Waals surface area contributed by atoms with Crippen LogP contribution < -0.4 is 10.2 Å². The lowest BCUT2D eigenvalue weighted by atomic mass is 9.97. The normalized spacial score (nSPS) is 18.4. The molecule has 5 nitrogen and oxygen atoms in total. The van der Waals surface area contributed by atoms with Crippen molar-refractivity contribution in [2.24, 2.45) is 4.99 Å². The van der Waals surface area contributed by atoms with Crippen molar-refractivity contribution >= 4 is 33.6 Å². The molecule has 3 heterocycles. The zero-order chi connectivity index (χ0) is 20.5. The van der Waals surface area contributed by atoms with Gasteiger partial charge < -0.3 is 10.2 Å². The summed E-state index contributed by atoms with van der Waals surface area (Å²) in [6.45, 7) is 5.85. The molecule has 2 aliphatic carbocycles. The van der Waals surface area contributed by atoms with Crippen molar-refractivity contribution in [1.82, 2.24) is 15.3 Å². The molecule has 0 radical (unpaired) electrons. The second-order valence-electron chi connectivity index (χ2n) is 8.81. The molecule has 2 aromatic rings. The predicted molar refractivity (Wildman–Crippen MR) is 127 cm³/mol. The van der Waals surface area contributed by atoms with Crippen LogP contribution in [0.4, 0.5) is 5.82 Å². The maximum Gasteiger partial charge on any atom is 0.141 e. The van der Waals surface area contributed by atoms with Gasteiger partial charge in [-0.1, -0.05) is 18.2 Å². The van der Waals surface area contributed by atoms with Crippen LogP contribution in [0.3, 0.4) is 0 Å². The Morgan fingerprint density at radius 1 is 1.23 bits per heavy atom. The standard InChI is InChI=1S/C24H31N5S/c1-16(14-25-15-17-7-5-6-12-26-17)13-21-27-23(29(2)18-10-11-18)22-19-8-3-4-9-20(19)30-24(22)28-21/h7,12,18,25H,1,3-6,8-11,13-15H2,2H3. The first-order valence-corrected chi connectivity index (χ1v) is 12.1. The monoisotopic (exact) mass is 421 g/mol. The van der Waals surface area contributed by atoms with Crippen LogP contribution in [0, 0.1) is 0 Å². The molecule has 0 unspecified atom stereocenters. The molecular formula is C24H31N5S. The number of fused-ring (bicyclic) bond motifs is 3. The number of hydrogen-bond donors (Lipinski definition) is 1. The quantitative estimate of drug-likeness (QED) is 0.633. The topological polar surface area (TPSA) is 53.4 Å². The van der Waals surface area contributed by atoms with Gasteiger partial charge in [0, 0.05) is 49.4 Å². The molecule has 1 saturated carbocycles. The zero-order valence-electron chi connectivity index (χ0n) is 17.9. The van der Waals surface area contributed by atoms with E-state index in [1.165, 1.54) is 59.2 Å². The summed E-state index contributed by atoms with van der Waals surface area (Å²) in [7, 11) is 2.21. The largest absolute Gasteiger partial charge is 0.356 e. The molecule has 6 heteroatoms. The molecule has 2 aromatic heterocycles. The average Bonchev–Trinajstić information content (AvgIpc) is 3.54. The van der Waals surface area contributed by atoms with E-state index in [4.69, 9.17) is 9.97 Å². The lowest BCUT2D eigenvalue weighted by Crippen LogP contribution is -2.23. The molecular weight excluding hydrogens is 390 g/mol. The van der Waals surface area contributed by atoms with Crippen LogP contribution in [-0.4, -0.2) is 42.4 Å². The lowest BCUT2D eigenvalue weighted by molar-refractivity contribution is 0.700. The average molecular weight is 422 g/mol. The van der Waals surface area contributed by atoms with E-state index in [2.05, 4.69) is 34.9 Å². The Labute approximate surface area is 183 Å². The molecule has 0 atom stereocenters. The van der Waals surface area contributed by atoms with Crippen molar-refractivity contribution in [3.63, 3.8) is 0 Å². The van der Waals surface area contributed by atoms with E-state index in [-0.39, 0.29) is 0 Å². The Bertz CT molecular complexity index is 1010. The minimum atomic E-state index is 0.643. The van der Waals surface area contributed by atoms with E-state index in [9.17, 15) is 0 Å². The number of aromatic nitrogens is 2. The molecule has 0 aromatic carbocycles. The summed E-state index contributed by atoms with van der Waals surface area (Å²) in [4.78, 5) is 19.6. The summed E-state index contributed by atoms with van der Waals surface area (Å²) in [5, 5.41) is 4.80. The van der Waals surface area contributed by atoms with Crippen LogP contribution in [0.1, 0.15) is 54.8 Å². The number of anilines is 1. The molecule has 30 heavy (non-hydrogen) atoms. The first kappa shape index (κ1) is 19.9. The summed E-state index contributed by atoms with van der Waals surface area (Å²) in [6.07, 6.45) is 14.6. The molecule has 158 valence electrons. The predicted octanol–water partition coefficient (Wildman–Crippen LogP) is 4.61. The number of aryl methyl sites for hydroxylation is 2. The van der Waals surface area contributed by atoms with Crippen molar-refractivity contribution < 1.29 is 0 Å². The minimum absolute atomic E-state index is 0.643. The van der Waals surface area contributed by atoms with Gasteiger partial charge in [0.1, 0.15) is 16.5 Å². The summed E-state index contributed by atoms with van der Waals surface area (Å²) in [5.74, 6) is 2.06. The fourth-order valence-electron chi connectivity index (χ4n) is 4.48. The highest BCUT2D eigenvalue weighted by Gasteiger charge is 2.31. The first-order chi connectivity index (χ1) is 14.7. The number of allylic oxidation sites excluding steroid dienone is 1. The summed E-state index contributed by atoms with van der Waals surface area (Å²) < 4.78 is 0. The molecule has 0 bridgehead atoms. The van der Waals surface area contributed by atoms with Crippen LogP contribution in [0.25, 0.3) is 10.2 Å². The Morgan fingerprint density at radius 2 is 2.10 bits per heavy atom. The smallest absolute Gasteiger partial charge is 0.141 e. The lowest BCUT2D eigenvalue weighted by Gasteiger charge is -2.21. The van der Waals surface area contributed by atoms with Gasteiger partial charge in [0.25, 0.3) is 0 Å². The summed E-state index contributed by atoms with van der Waals surface area (Å²) >= 11 is 1.89. The van der Waals surface area contributed by atoms with E-state index < -0.39 is 0 Å². The van der Waals surface area contributed by atoms with Gasteiger partial charge in [-0.05, 0) is 56.9 Å². The molecule has 0 amide bonds. The third-order valence-electron chi connectivity index (χ3n) is 6.29. The second kappa shape index (κ2) is 8.60. The first-order valence-electron chi connectivity index (χ1n) is 11.3. The molecule has 1 fully saturated rings. The van der Waals surface area contributed by atoms with Crippen molar-refractivity contribution in [3.05, 3.63) is 40.2 Å². The summed E-state index contributed by atoms with van der Waals surface area (Å²) in [6, 6.07) is 0.643. The maximum absolute atomic E-state index is 5.08. The van der Waals surface area contributed by atoms with E-state index in [1.807, 2.05) is 17.6 Å². The van der Waals surface area contributed by atoms with Crippen molar-refractivity contribution in [2.75, 3.05) is 25.0 Å². The molecule has 1 aliphatic heterocycles.